The molecule has 2 saturated carbocycles. The molecule has 2 aliphatic rings. The van der Waals surface area contributed by atoms with E-state index in [-0.39, 0.29) is 10.8 Å². The van der Waals surface area contributed by atoms with Crippen molar-refractivity contribution in [2.24, 2.45) is 23.5 Å². The third-order valence-corrected chi connectivity index (χ3v) is 7.50. The SMILES string of the molecule is CCOc1ccc(C2CCC(C3CCC(C(N)CC)CC3)CC2)c(F)c1Cl. The average Bonchev–Trinajstić information content (AvgIpc) is 2.71. The minimum Gasteiger partial charge on any atom is -0.492 e. The summed E-state index contributed by atoms with van der Waals surface area (Å²) in [6.45, 7) is 4.58. The van der Waals surface area contributed by atoms with E-state index in [1.54, 1.807) is 0 Å². The van der Waals surface area contributed by atoms with Gasteiger partial charge in [-0.25, -0.2) is 4.39 Å². The molecule has 0 heterocycles. The van der Waals surface area contributed by atoms with Crippen LogP contribution in [0.4, 0.5) is 4.39 Å². The van der Waals surface area contributed by atoms with E-state index in [1.165, 1.54) is 38.5 Å². The summed E-state index contributed by atoms with van der Waals surface area (Å²) in [5.74, 6) is 2.85. The van der Waals surface area contributed by atoms with Gasteiger partial charge in [0.2, 0.25) is 0 Å². The Kier molecular flexibility index (Phi) is 7.44. The van der Waals surface area contributed by atoms with Crippen LogP contribution in [0.1, 0.15) is 83.1 Å². The number of hydrogen-bond donors (Lipinski definition) is 1. The van der Waals surface area contributed by atoms with Crippen LogP contribution in [-0.2, 0) is 0 Å². The van der Waals surface area contributed by atoms with E-state index in [0.717, 1.165) is 42.6 Å². The van der Waals surface area contributed by atoms with Gasteiger partial charge in [-0.2, -0.15) is 0 Å². The fraction of sp³-hybridized carbons (Fsp3) is 0.739. The molecule has 152 valence electrons. The van der Waals surface area contributed by atoms with Crippen molar-refractivity contribution in [2.75, 3.05) is 6.61 Å². The second kappa shape index (κ2) is 9.60. The van der Waals surface area contributed by atoms with Crippen LogP contribution in [-0.4, -0.2) is 12.6 Å². The van der Waals surface area contributed by atoms with E-state index in [9.17, 15) is 4.39 Å². The number of halogens is 2. The van der Waals surface area contributed by atoms with Crippen LogP contribution in [0.25, 0.3) is 0 Å². The quantitative estimate of drug-likeness (QED) is 0.581. The summed E-state index contributed by atoms with van der Waals surface area (Å²) in [5.41, 5.74) is 7.03. The zero-order valence-electron chi connectivity index (χ0n) is 16.9. The Hall–Kier alpha value is -0.800. The molecule has 0 spiro atoms. The number of hydrogen-bond acceptors (Lipinski definition) is 2. The third-order valence-electron chi connectivity index (χ3n) is 7.15. The highest BCUT2D eigenvalue weighted by atomic mass is 35.5. The van der Waals surface area contributed by atoms with E-state index in [4.69, 9.17) is 22.1 Å². The van der Waals surface area contributed by atoms with Gasteiger partial charge >= 0.3 is 0 Å². The first-order valence-electron chi connectivity index (χ1n) is 10.9. The molecular weight excluding hydrogens is 361 g/mol. The molecule has 1 unspecified atom stereocenters. The maximum Gasteiger partial charge on any atom is 0.149 e. The molecule has 0 saturated heterocycles. The van der Waals surface area contributed by atoms with Crippen molar-refractivity contribution < 1.29 is 9.13 Å². The van der Waals surface area contributed by atoms with Crippen LogP contribution < -0.4 is 10.5 Å². The largest absolute Gasteiger partial charge is 0.492 e. The topological polar surface area (TPSA) is 35.2 Å². The highest BCUT2D eigenvalue weighted by Gasteiger charge is 2.33. The summed E-state index contributed by atoms with van der Waals surface area (Å²) in [4.78, 5) is 0. The molecular formula is C23H35ClFNO. The Labute approximate surface area is 169 Å². The normalized spacial score (nSPS) is 30.1. The van der Waals surface area contributed by atoms with Crippen LogP contribution in [0, 0.1) is 23.6 Å². The standard InChI is InChI=1S/C23H35ClFNO/c1-3-20(26)18-11-7-16(8-12-18)15-5-9-17(10-6-15)19-13-14-21(27-4-2)22(24)23(19)25/h13-18,20H,3-12,26H2,1-2H3. The van der Waals surface area contributed by atoms with Crippen molar-refractivity contribution in [1.29, 1.82) is 0 Å². The zero-order valence-corrected chi connectivity index (χ0v) is 17.6. The van der Waals surface area contributed by atoms with Crippen LogP contribution in [0.2, 0.25) is 5.02 Å². The van der Waals surface area contributed by atoms with Gasteiger partial charge in [-0.3, -0.25) is 0 Å². The monoisotopic (exact) mass is 395 g/mol. The molecule has 0 bridgehead atoms. The van der Waals surface area contributed by atoms with Gasteiger partial charge in [-0.05, 0) is 100 Å². The Morgan fingerprint density at radius 3 is 2.19 bits per heavy atom. The number of nitrogens with two attached hydrogens (primary N) is 1. The van der Waals surface area contributed by atoms with Gasteiger partial charge in [0.15, 0.2) is 0 Å². The molecule has 27 heavy (non-hydrogen) atoms. The van der Waals surface area contributed by atoms with Gasteiger partial charge in [-0.15, -0.1) is 0 Å². The molecule has 1 aromatic rings. The molecule has 4 heteroatoms. The summed E-state index contributed by atoms with van der Waals surface area (Å²) < 4.78 is 20.2. The van der Waals surface area contributed by atoms with Crippen molar-refractivity contribution in [3.05, 3.63) is 28.5 Å². The summed E-state index contributed by atoms with van der Waals surface area (Å²) in [7, 11) is 0. The fourth-order valence-electron chi connectivity index (χ4n) is 5.41. The number of ether oxygens (including phenoxy) is 1. The van der Waals surface area contributed by atoms with Crippen molar-refractivity contribution in [3.8, 4) is 5.75 Å². The Balaban J connectivity index is 1.55. The van der Waals surface area contributed by atoms with Crippen molar-refractivity contribution in [1.82, 2.24) is 0 Å². The maximum atomic E-state index is 14.8. The molecule has 2 nitrogen and oxygen atoms in total. The first-order valence-corrected chi connectivity index (χ1v) is 11.3. The summed E-state index contributed by atoms with van der Waals surface area (Å²) in [5, 5.41) is 0.141. The number of rotatable bonds is 6. The molecule has 0 amide bonds. The summed E-state index contributed by atoms with van der Waals surface area (Å²) in [6.07, 6.45) is 10.9. The predicted octanol–water partition coefficient (Wildman–Crippen LogP) is 6.70. The van der Waals surface area contributed by atoms with Crippen molar-refractivity contribution >= 4 is 11.6 Å². The van der Waals surface area contributed by atoms with Crippen LogP contribution in [0.3, 0.4) is 0 Å². The van der Waals surface area contributed by atoms with Crippen LogP contribution in [0.5, 0.6) is 5.75 Å². The lowest BCUT2D eigenvalue weighted by Gasteiger charge is -2.39. The minimum atomic E-state index is -0.278. The maximum absolute atomic E-state index is 14.8. The van der Waals surface area contributed by atoms with Gasteiger partial charge in [0.25, 0.3) is 0 Å². The lowest BCUT2D eigenvalue weighted by atomic mass is 9.67. The summed E-state index contributed by atoms with van der Waals surface area (Å²) >= 11 is 6.19. The van der Waals surface area contributed by atoms with Crippen LogP contribution in [0.15, 0.2) is 12.1 Å². The lowest BCUT2D eigenvalue weighted by Crippen LogP contribution is -2.34. The van der Waals surface area contributed by atoms with Gasteiger partial charge in [-0.1, -0.05) is 24.6 Å². The molecule has 2 fully saturated rings. The predicted molar refractivity (Wildman–Crippen MR) is 111 cm³/mol. The minimum absolute atomic E-state index is 0.141. The highest BCUT2D eigenvalue weighted by molar-refractivity contribution is 6.32. The van der Waals surface area contributed by atoms with Crippen LogP contribution >= 0.6 is 11.6 Å². The van der Waals surface area contributed by atoms with E-state index in [0.29, 0.717) is 24.3 Å². The molecule has 3 rings (SSSR count). The van der Waals surface area contributed by atoms with E-state index in [1.807, 2.05) is 19.1 Å². The lowest BCUT2D eigenvalue weighted by molar-refractivity contribution is 0.149. The number of benzene rings is 1. The van der Waals surface area contributed by atoms with E-state index in [2.05, 4.69) is 6.92 Å². The van der Waals surface area contributed by atoms with Crippen molar-refractivity contribution in [2.45, 2.75) is 83.6 Å². The first-order chi connectivity index (χ1) is 13.0. The highest BCUT2D eigenvalue weighted by Crippen LogP contribution is 2.45. The van der Waals surface area contributed by atoms with E-state index < -0.39 is 0 Å². The van der Waals surface area contributed by atoms with Gasteiger partial charge in [0, 0.05) is 6.04 Å². The molecule has 0 aromatic heterocycles. The second-order valence-corrected chi connectivity index (χ2v) is 8.95. The third kappa shape index (κ3) is 4.79. The molecule has 0 aliphatic heterocycles. The Bertz CT molecular complexity index is 607. The van der Waals surface area contributed by atoms with Gasteiger partial charge in [0.1, 0.15) is 16.6 Å². The van der Waals surface area contributed by atoms with Crippen molar-refractivity contribution in [3.63, 3.8) is 0 Å². The molecule has 2 aliphatic carbocycles. The molecule has 2 N–H and O–H groups in total. The van der Waals surface area contributed by atoms with E-state index >= 15 is 0 Å². The Morgan fingerprint density at radius 2 is 1.63 bits per heavy atom. The fourth-order valence-corrected chi connectivity index (χ4v) is 5.64. The average molecular weight is 396 g/mol. The summed E-state index contributed by atoms with van der Waals surface area (Å²) in [6, 6.07) is 4.09. The first kappa shape index (κ1) is 20.9. The molecule has 0 radical (unpaired) electrons. The smallest absolute Gasteiger partial charge is 0.149 e. The zero-order chi connectivity index (χ0) is 19.4. The second-order valence-electron chi connectivity index (χ2n) is 8.57. The van der Waals surface area contributed by atoms with Gasteiger partial charge in [0.05, 0.1) is 6.61 Å². The van der Waals surface area contributed by atoms with Gasteiger partial charge < -0.3 is 10.5 Å². The molecule has 1 atom stereocenters. The Morgan fingerprint density at radius 1 is 1.04 bits per heavy atom. The molecule has 1 aromatic carbocycles.